The lowest BCUT2D eigenvalue weighted by Crippen LogP contribution is -2.39. The number of amides is 1. The SMILES string of the molecule is CC(C)[C@H](C)NC(=O)Cn1cnc2c(cnn2-c2ccc(F)cc2)c1=O. The summed E-state index contributed by atoms with van der Waals surface area (Å²) in [7, 11) is 0. The highest BCUT2D eigenvalue weighted by Gasteiger charge is 2.15. The molecule has 0 aliphatic heterocycles. The molecule has 0 bridgehead atoms. The highest BCUT2D eigenvalue weighted by molar-refractivity contribution is 5.78. The third-order valence-electron chi connectivity index (χ3n) is 4.33. The average Bonchev–Trinajstić information content (AvgIpc) is 3.02. The molecule has 3 rings (SSSR count). The number of carbonyl (C=O) groups is 1. The second kappa shape index (κ2) is 7.07. The molecular formula is C18H20FN5O2. The second-order valence-electron chi connectivity index (χ2n) is 6.55. The molecule has 8 heteroatoms. The lowest BCUT2D eigenvalue weighted by Gasteiger charge is -2.17. The van der Waals surface area contributed by atoms with Gasteiger partial charge in [0.15, 0.2) is 5.65 Å². The highest BCUT2D eigenvalue weighted by Crippen LogP contribution is 2.14. The molecule has 2 heterocycles. The number of nitrogens with one attached hydrogen (secondary N) is 1. The van der Waals surface area contributed by atoms with E-state index in [2.05, 4.69) is 15.4 Å². The van der Waals surface area contributed by atoms with Crippen LogP contribution in [0.2, 0.25) is 0 Å². The first-order valence-corrected chi connectivity index (χ1v) is 8.35. The van der Waals surface area contributed by atoms with E-state index < -0.39 is 0 Å². The molecule has 136 valence electrons. The van der Waals surface area contributed by atoms with E-state index in [4.69, 9.17) is 0 Å². The number of halogens is 1. The van der Waals surface area contributed by atoms with Crippen LogP contribution >= 0.6 is 0 Å². The zero-order chi connectivity index (χ0) is 18.8. The number of carbonyl (C=O) groups excluding carboxylic acids is 1. The van der Waals surface area contributed by atoms with Gasteiger partial charge in [0.1, 0.15) is 24.1 Å². The molecule has 1 atom stereocenters. The lowest BCUT2D eigenvalue weighted by molar-refractivity contribution is -0.122. The van der Waals surface area contributed by atoms with E-state index in [0.29, 0.717) is 22.6 Å². The molecule has 0 fully saturated rings. The molecule has 0 saturated heterocycles. The third-order valence-corrected chi connectivity index (χ3v) is 4.33. The van der Waals surface area contributed by atoms with Gasteiger partial charge in [0, 0.05) is 6.04 Å². The standard InChI is InChI=1S/C18H20FN5O2/c1-11(2)12(3)22-16(25)9-23-10-20-17-15(18(23)26)8-21-24(17)14-6-4-13(19)5-7-14/h4-8,10-12H,9H2,1-3H3,(H,22,25)/t12-/m0/s1. The van der Waals surface area contributed by atoms with Crippen LogP contribution < -0.4 is 10.9 Å². The molecule has 0 unspecified atom stereocenters. The summed E-state index contributed by atoms with van der Waals surface area (Å²) in [5.74, 6) is -0.312. The van der Waals surface area contributed by atoms with Crippen LogP contribution in [0.3, 0.4) is 0 Å². The van der Waals surface area contributed by atoms with Crippen molar-refractivity contribution in [1.29, 1.82) is 0 Å². The first kappa shape index (κ1) is 17.8. The second-order valence-corrected chi connectivity index (χ2v) is 6.55. The predicted octanol–water partition coefficient (Wildman–Crippen LogP) is 1.88. The molecule has 26 heavy (non-hydrogen) atoms. The Morgan fingerprint density at radius 2 is 1.92 bits per heavy atom. The summed E-state index contributed by atoms with van der Waals surface area (Å²) in [6.07, 6.45) is 2.73. The van der Waals surface area contributed by atoms with Gasteiger partial charge in [-0.1, -0.05) is 13.8 Å². The van der Waals surface area contributed by atoms with Crippen molar-refractivity contribution in [3.05, 3.63) is 53.0 Å². The maximum Gasteiger partial charge on any atom is 0.264 e. The quantitative estimate of drug-likeness (QED) is 0.756. The number of benzene rings is 1. The van der Waals surface area contributed by atoms with Crippen molar-refractivity contribution in [2.45, 2.75) is 33.4 Å². The van der Waals surface area contributed by atoms with Crippen LogP contribution in [0.25, 0.3) is 16.7 Å². The Morgan fingerprint density at radius 3 is 2.58 bits per heavy atom. The molecule has 7 nitrogen and oxygen atoms in total. The minimum absolute atomic E-state index is 0.0103. The predicted molar refractivity (Wildman–Crippen MR) is 95.5 cm³/mol. The summed E-state index contributed by atoms with van der Waals surface area (Å²) < 4.78 is 15.8. The van der Waals surface area contributed by atoms with Gasteiger partial charge in [0.05, 0.1) is 11.9 Å². The summed E-state index contributed by atoms with van der Waals surface area (Å²) in [5, 5.41) is 7.32. The fourth-order valence-electron chi connectivity index (χ4n) is 2.45. The van der Waals surface area contributed by atoms with E-state index in [9.17, 15) is 14.0 Å². The zero-order valence-corrected chi connectivity index (χ0v) is 14.8. The third kappa shape index (κ3) is 3.49. The summed E-state index contributed by atoms with van der Waals surface area (Å²) in [4.78, 5) is 29.0. The Morgan fingerprint density at radius 1 is 1.23 bits per heavy atom. The van der Waals surface area contributed by atoms with E-state index in [1.807, 2.05) is 20.8 Å². The van der Waals surface area contributed by atoms with Gasteiger partial charge in [0.25, 0.3) is 5.56 Å². The Labute approximate surface area is 149 Å². The van der Waals surface area contributed by atoms with E-state index in [1.165, 1.54) is 33.9 Å². The summed E-state index contributed by atoms with van der Waals surface area (Å²) in [5.41, 5.74) is 0.596. The highest BCUT2D eigenvalue weighted by atomic mass is 19.1. The van der Waals surface area contributed by atoms with E-state index in [-0.39, 0.29) is 29.9 Å². The van der Waals surface area contributed by atoms with E-state index in [0.717, 1.165) is 0 Å². The van der Waals surface area contributed by atoms with Crippen molar-refractivity contribution in [1.82, 2.24) is 24.6 Å². The Hall–Kier alpha value is -3.03. The summed E-state index contributed by atoms with van der Waals surface area (Å²) in [6, 6.07) is 5.73. The number of aromatic nitrogens is 4. The number of fused-ring (bicyclic) bond motifs is 1. The maximum absolute atomic E-state index is 13.1. The first-order chi connectivity index (χ1) is 12.4. The van der Waals surface area contributed by atoms with Crippen molar-refractivity contribution in [2.75, 3.05) is 0 Å². The topological polar surface area (TPSA) is 81.8 Å². The van der Waals surface area contributed by atoms with Gasteiger partial charge in [-0.2, -0.15) is 5.10 Å². The van der Waals surface area contributed by atoms with Gasteiger partial charge in [-0.15, -0.1) is 0 Å². The fourth-order valence-corrected chi connectivity index (χ4v) is 2.45. The minimum atomic E-state index is -0.359. The van der Waals surface area contributed by atoms with Gasteiger partial charge in [-0.3, -0.25) is 14.2 Å². The van der Waals surface area contributed by atoms with Crippen molar-refractivity contribution in [3.8, 4) is 5.69 Å². The van der Waals surface area contributed by atoms with Crippen molar-refractivity contribution in [3.63, 3.8) is 0 Å². The normalized spacial score (nSPS) is 12.5. The Bertz CT molecular complexity index is 991. The number of hydrogen-bond donors (Lipinski definition) is 1. The summed E-state index contributed by atoms with van der Waals surface area (Å²) >= 11 is 0. The lowest BCUT2D eigenvalue weighted by atomic mass is 10.1. The van der Waals surface area contributed by atoms with Gasteiger partial charge >= 0.3 is 0 Å². The van der Waals surface area contributed by atoms with Crippen LogP contribution in [0, 0.1) is 11.7 Å². The fraction of sp³-hybridized carbons (Fsp3) is 0.333. The van der Waals surface area contributed by atoms with Gasteiger partial charge in [0.2, 0.25) is 5.91 Å². The maximum atomic E-state index is 13.1. The molecule has 1 aromatic carbocycles. The van der Waals surface area contributed by atoms with Crippen molar-refractivity contribution in [2.24, 2.45) is 5.92 Å². The van der Waals surface area contributed by atoms with Gasteiger partial charge < -0.3 is 5.32 Å². The zero-order valence-electron chi connectivity index (χ0n) is 14.8. The van der Waals surface area contributed by atoms with Crippen molar-refractivity contribution >= 4 is 16.9 Å². The molecule has 0 aliphatic carbocycles. The Balaban J connectivity index is 1.89. The molecule has 0 saturated carbocycles. The van der Waals surface area contributed by atoms with E-state index in [1.54, 1.807) is 12.1 Å². The smallest absolute Gasteiger partial charge is 0.264 e. The molecular weight excluding hydrogens is 337 g/mol. The van der Waals surface area contributed by atoms with E-state index >= 15 is 0 Å². The van der Waals surface area contributed by atoms with Crippen LogP contribution in [-0.2, 0) is 11.3 Å². The first-order valence-electron chi connectivity index (χ1n) is 8.35. The van der Waals surface area contributed by atoms with Gasteiger partial charge in [-0.05, 0) is 37.1 Å². The number of hydrogen-bond acceptors (Lipinski definition) is 4. The molecule has 1 amide bonds. The molecule has 3 aromatic rings. The largest absolute Gasteiger partial charge is 0.352 e. The van der Waals surface area contributed by atoms with Crippen LogP contribution in [0.1, 0.15) is 20.8 Å². The van der Waals surface area contributed by atoms with Crippen LogP contribution in [0.15, 0.2) is 41.6 Å². The molecule has 0 spiro atoms. The molecule has 2 aromatic heterocycles. The minimum Gasteiger partial charge on any atom is -0.352 e. The van der Waals surface area contributed by atoms with Crippen LogP contribution in [0.5, 0.6) is 0 Å². The number of rotatable bonds is 5. The van der Waals surface area contributed by atoms with Gasteiger partial charge in [-0.25, -0.2) is 14.1 Å². The number of nitrogens with zero attached hydrogens (tertiary/aromatic N) is 4. The molecule has 0 aliphatic rings. The van der Waals surface area contributed by atoms with Crippen LogP contribution in [0.4, 0.5) is 4.39 Å². The average molecular weight is 357 g/mol. The van der Waals surface area contributed by atoms with Crippen molar-refractivity contribution < 1.29 is 9.18 Å². The molecule has 0 radical (unpaired) electrons. The van der Waals surface area contributed by atoms with Crippen LogP contribution in [-0.4, -0.2) is 31.3 Å². The monoisotopic (exact) mass is 357 g/mol. The Kier molecular flexibility index (Phi) is 4.83. The summed E-state index contributed by atoms with van der Waals surface area (Å²) in [6.45, 7) is 5.82. The molecule has 1 N–H and O–H groups in total.